The Morgan fingerprint density at radius 3 is 0.835 bits per heavy atom. The monoisotopic (exact) mass is 2100 g/mol. The number of carbonyl (C=O) groups excluding carboxylic acids is 5. The Morgan fingerprint density at radius 2 is 0.541 bits per heavy atom. The number of pyridine rings is 2. The molecule has 24 nitrogen and oxygen atoms in total. The molecule has 2 heterocycles. The number of aromatic nitrogens is 2. The number of carbonyl (C=O) groups is 5. The molecule has 0 aliphatic carbocycles. The van der Waals surface area contributed by atoms with E-state index in [1.54, 1.807) is 176 Å². The molecule has 0 amide bonds. The van der Waals surface area contributed by atoms with Gasteiger partial charge in [-0.25, -0.2) is 42.1 Å². The molecule has 0 aliphatic heterocycles. The SMILES string of the molecule is CN(C)c1ccc(S(=O)(=O)Nc2ccc(Cl)cc2C(=O)c2ccccc2)cc1.COc1ccc(S(=O)(=O)Nc2ccc(Cl)cc2C(=O)c2cccnc2)cc1.Cc1ccc(S(=O)(=O)Nc2ccc(Br)cc2C(=O)c2ccccc2)cc1.O=C(c1ccccc1)c1cc(Cl)ccc1NS(=O)(=O)c1ccc(Br)cc1.O=C(c1cccnc1)c1cc(Cl)ccc1NS(=O)(=O)c1ccc(Cl)cc1. The number of methoxy groups -OCH3 is 1. The first-order valence-corrected chi connectivity index (χ1v) is 50.0. The molecule has 0 saturated heterocycles. The van der Waals surface area contributed by atoms with E-state index >= 15 is 0 Å². The highest BCUT2D eigenvalue weighted by atomic mass is 79.9. The Kier molecular flexibility index (Phi) is 34.6. The molecule has 36 heteroatoms. The fourth-order valence-electron chi connectivity index (χ4n) is 12.1. The van der Waals surface area contributed by atoms with Crippen molar-refractivity contribution in [3.05, 3.63) is 448 Å². The molecule has 13 aromatic carbocycles. The standard InChI is InChI=1S/C21H19ClN2O3S.C20H16BrNO3S.C19H13BrClNO3S.C19H15ClN2O4S.C18H12Cl2N2O3S/c1-24(2)17-9-11-18(12-10-17)28(26,27)23-20-13-8-16(22)14-19(20)21(25)15-6-4-3-5-7-15;1-14-7-10-17(11-8-14)26(24,25)22-19-12-9-16(21)13-18(19)20(23)15-5-3-2-4-6-15;20-14-6-9-16(10-7-14)26(24,25)22-18-11-8-15(21)12-17(18)19(23)13-4-2-1-3-5-13;1-26-15-5-7-16(8-6-15)27(24,25)22-18-9-4-14(20)11-17(18)19(23)13-3-2-10-21-12-13;19-13-3-6-15(7-4-13)26(24,25)22-17-8-5-14(20)10-16(17)18(23)12-2-1-9-21-11-12/h3-14,23H,1-2H3;2-13,22H,1H3;1-12,22H;2-12,22H,1H3;1-11,22H. The Morgan fingerprint density at radius 1 is 0.293 bits per heavy atom. The molecule has 0 atom stereocenters. The van der Waals surface area contributed by atoms with E-state index in [2.05, 4.69) is 65.4 Å². The summed E-state index contributed by atoms with van der Waals surface area (Å²) in [5.74, 6) is -1.14. The van der Waals surface area contributed by atoms with Crippen molar-refractivity contribution in [3.63, 3.8) is 0 Å². The van der Waals surface area contributed by atoms with E-state index in [4.69, 9.17) is 62.7 Å². The molecular formula is C97H75Br2Cl5N8O16S5. The van der Waals surface area contributed by atoms with E-state index in [1.165, 1.54) is 177 Å². The number of halogens is 7. The first-order valence-electron chi connectivity index (χ1n) is 39.1. The lowest BCUT2D eigenvalue weighted by atomic mass is 10.0. The number of anilines is 6. The van der Waals surface area contributed by atoms with Crippen LogP contribution in [0.25, 0.3) is 0 Å². The van der Waals surface area contributed by atoms with Crippen LogP contribution in [0, 0.1) is 6.92 Å². The minimum absolute atomic E-state index is 0.0247. The fourth-order valence-corrected chi connectivity index (χ4v) is 19.0. The van der Waals surface area contributed by atoms with Gasteiger partial charge in [-0.15, -0.1) is 0 Å². The number of sulfonamides is 5. The van der Waals surface area contributed by atoms with Crippen molar-refractivity contribution >= 4 is 203 Å². The second kappa shape index (κ2) is 45.6. The zero-order valence-corrected chi connectivity index (χ0v) is 81.1. The Labute approximate surface area is 810 Å². The third kappa shape index (κ3) is 27.7. The van der Waals surface area contributed by atoms with E-state index in [9.17, 15) is 66.1 Å². The lowest BCUT2D eigenvalue weighted by Crippen LogP contribution is -2.16. The van der Waals surface area contributed by atoms with E-state index < -0.39 is 61.7 Å². The topological polar surface area (TPSA) is 354 Å². The zero-order valence-electron chi connectivity index (χ0n) is 70.0. The summed E-state index contributed by atoms with van der Waals surface area (Å²) in [5, 5.41) is 1.73. The molecular weight excluding hydrogens is 2030 g/mol. The summed E-state index contributed by atoms with van der Waals surface area (Å²) in [6, 6.07) is 85.8. The Hall–Kier alpha value is -12.7. The van der Waals surface area contributed by atoms with Crippen LogP contribution < -0.4 is 33.2 Å². The number of nitrogens with one attached hydrogen (secondary N) is 5. The minimum Gasteiger partial charge on any atom is -0.497 e. The van der Waals surface area contributed by atoms with Gasteiger partial charge in [0.15, 0.2) is 28.9 Å². The van der Waals surface area contributed by atoms with Crippen molar-refractivity contribution in [3.8, 4) is 5.75 Å². The lowest BCUT2D eigenvalue weighted by molar-refractivity contribution is 0.103. The predicted octanol–water partition coefficient (Wildman–Crippen LogP) is 22.6. The summed E-state index contributed by atoms with van der Waals surface area (Å²) in [4.78, 5) is 74.1. The molecule has 0 saturated carbocycles. The van der Waals surface area contributed by atoms with Gasteiger partial charge in [0, 0.05) is 134 Å². The van der Waals surface area contributed by atoms with Gasteiger partial charge in [-0.1, -0.05) is 199 Å². The largest absolute Gasteiger partial charge is 0.497 e. The molecule has 0 unspecified atom stereocenters. The smallest absolute Gasteiger partial charge is 0.261 e. The maximum absolute atomic E-state index is 12.9. The van der Waals surface area contributed by atoms with Crippen LogP contribution in [0.3, 0.4) is 0 Å². The second-order valence-corrected chi connectivity index (χ2v) is 40.9. The van der Waals surface area contributed by atoms with Crippen LogP contribution in [0.2, 0.25) is 25.1 Å². The first kappa shape index (κ1) is 101. The summed E-state index contributed by atoms with van der Waals surface area (Å²) in [6.45, 7) is 1.88. The number of ketones is 5. The average molecular weight is 2110 g/mol. The number of ether oxygens (including phenoxy) is 1. The van der Waals surface area contributed by atoms with Crippen LogP contribution >= 0.6 is 89.9 Å². The Balaban J connectivity index is 0.000000160. The third-order valence-corrected chi connectivity index (χ3v) is 28.0. The van der Waals surface area contributed by atoms with Gasteiger partial charge in [-0.2, -0.15) is 0 Å². The molecule has 2 aromatic heterocycles. The van der Waals surface area contributed by atoms with Crippen LogP contribution in [0.5, 0.6) is 5.75 Å². The highest BCUT2D eigenvalue weighted by molar-refractivity contribution is 9.10. The minimum atomic E-state index is -3.91. The maximum Gasteiger partial charge on any atom is 0.261 e. The molecule has 0 aliphatic rings. The van der Waals surface area contributed by atoms with Crippen molar-refractivity contribution in [1.29, 1.82) is 0 Å². The van der Waals surface area contributed by atoms with Crippen LogP contribution in [0.4, 0.5) is 34.1 Å². The van der Waals surface area contributed by atoms with Gasteiger partial charge < -0.3 is 9.64 Å². The van der Waals surface area contributed by atoms with Gasteiger partial charge in [0.25, 0.3) is 50.1 Å². The zero-order chi connectivity index (χ0) is 96.0. The van der Waals surface area contributed by atoms with Gasteiger partial charge in [0.2, 0.25) is 0 Å². The van der Waals surface area contributed by atoms with Crippen LogP contribution in [0.15, 0.2) is 386 Å². The molecule has 0 bridgehead atoms. The van der Waals surface area contributed by atoms with Crippen molar-refractivity contribution < 1.29 is 70.8 Å². The van der Waals surface area contributed by atoms with Gasteiger partial charge in [0.05, 0.1) is 60.0 Å². The molecule has 133 heavy (non-hydrogen) atoms. The average Bonchev–Trinajstić information content (AvgIpc) is 0.816. The molecule has 678 valence electrons. The van der Waals surface area contributed by atoms with Gasteiger partial charge >= 0.3 is 0 Å². The van der Waals surface area contributed by atoms with Crippen molar-refractivity contribution in [1.82, 2.24) is 9.97 Å². The number of aryl methyl sites for hydroxylation is 1. The quantitative estimate of drug-likeness (QED) is 0.0299. The molecule has 0 fully saturated rings. The number of benzene rings is 13. The maximum atomic E-state index is 12.9. The highest BCUT2D eigenvalue weighted by Crippen LogP contribution is 2.34. The summed E-state index contributed by atoms with van der Waals surface area (Å²) in [7, 11) is -14.1. The first-order chi connectivity index (χ1) is 63.3. The Bertz CT molecular complexity index is 6950. The van der Waals surface area contributed by atoms with Crippen LogP contribution in [0.1, 0.15) is 85.2 Å². The summed E-state index contributed by atoms with van der Waals surface area (Å²) in [5.41, 5.74) is 5.62. The van der Waals surface area contributed by atoms with Crippen molar-refractivity contribution in [2.45, 2.75) is 31.4 Å². The van der Waals surface area contributed by atoms with Gasteiger partial charge in [0.1, 0.15) is 5.75 Å². The second-order valence-electron chi connectivity index (χ2n) is 28.5. The number of hydrogen-bond donors (Lipinski definition) is 5. The summed E-state index contributed by atoms with van der Waals surface area (Å²) >= 11 is 36.5. The molecule has 0 radical (unpaired) electrons. The van der Waals surface area contributed by atoms with E-state index in [0.29, 0.717) is 63.2 Å². The number of nitrogens with zero attached hydrogens (tertiary/aromatic N) is 3. The predicted molar refractivity (Wildman–Crippen MR) is 529 cm³/mol. The summed E-state index contributed by atoms with van der Waals surface area (Å²) < 4.78 is 146. The fraction of sp³-hybridized carbons (Fsp3) is 0.0412. The van der Waals surface area contributed by atoms with Crippen molar-refractivity contribution in [2.24, 2.45) is 0 Å². The van der Waals surface area contributed by atoms with Crippen LogP contribution in [-0.4, -0.2) is 102 Å². The van der Waals surface area contributed by atoms with Gasteiger partial charge in [-0.05, 0) is 231 Å². The van der Waals surface area contributed by atoms with Crippen LogP contribution in [-0.2, 0) is 50.1 Å². The van der Waals surface area contributed by atoms with Gasteiger partial charge in [-0.3, -0.25) is 57.6 Å². The highest BCUT2D eigenvalue weighted by Gasteiger charge is 2.27. The van der Waals surface area contributed by atoms with E-state index in [0.717, 1.165) is 15.7 Å². The molecule has 5 N–H and O–H groups in total. The molecule has 15 rings (SSSR count). The number of rotatable bonds is 27. The summed E-state index contributed by atoms with van der Waals surface area (Å²) in [6.07, 6.45) is 5.90. The molecule has 15 aromatic rings. The van der Waals surface area contributed by atoms with E-state index in [-0.39, 0.29) is 98.1 Å². The third-order valence-electron chi connectivity index (χ3n) is 18.9. The molecule has 0 spiro atoms. The lowest BCUT2D eigenvalue weighted by Gasteiger charge is -2.15. The van der Waals surface area contributed by atoms with E-state index in [1.807, 2.05) is 32.0 Å². The number of hydrogen-bond acceptors (Lipinski definition) is 19. The van der Waals surface area contributed by atoms with Crippen molar-refractivity contribution in [2.75, 3.05) is 49.7 Å². The normalized spacial score (nSPS) is 11.1.